The molecule has 0 amide bonds. The van der Waals surface area contributed by atoms with Crippen molar-refractivity contribution in [1.29, 1.82) is 0 Å². The lowest BCUT2D eigenvalue weighted by Crippen LogP contribution is -2.43. The third-order valence-electron chi connectivity index (χ3n) is 1.59. The van der Waals surface area contributed by atoms with Crippen molar-refractivity contribution in [2.24, 2.45) is 11.6 Å². The zero-order chi connectivity index (χ0) is 6.69. The SMILES string of the molecule is NNC(N)=[N+]1CCCC1. The van der Waals surface area contributed by atoms with E-state index in [-0.39, 0.29) is 0 Å². The summed E-state index contributed by atoms with van der Waals surface area (Å²) in [5.74, 6) is 5.69. The molecular formula is C5H13N4+. The minimum atomic E-state index is 0.590. The Bertz CT molecular complexity index is 121. The molecule has 4 nitrogen and oxygen atoms in total. The van der Waals surface area contributed by atoms with E-state index in [1.54, 1.807) is 0 Å². The number of nitrogens with zero attached hydrogens (tertiary/aromatic N) is 1. The van der Waals surface area contributed by atoms with Gasteiger partial charge in [0.05, 0.1) is 13.1 Å². The molecule has 0 aromatic carbocycles. The molecule has 1 rings (SSSR count). The van der Waals surface area contributed by atoms with Crippen LogP contribution in [0.1, 0.15) is 12.8 Å². The van der Waals surface area contributed by atoms with Crippen LogP contribution in [0, 0.1) is 0 Å². The van der Waals surface area contributed by atoms with E-state index < -0.39 is 0 Å². The lowest BCUT2D eigenvalue weighted by Gasteiger charge is -1.98. The first kappa shape index (κ1) is 6.35. The zero-order valence-corrected chi connectivity index (χ0v) is 5.43. The minimum Gasteiger partial charge on any atom is -0.289 e. The van der Waals surface area contributed by atoms with Crippen LogP contribution in [-0.2, 0) is 0 Å². The number of nitrogens with one attached hydrogen (secondary N) is 1. The Morgan fingerprint density at radius 1 is 1.33 bits per heavy atom. The molecule has 0 aromatic heterocycles. The Balaban J connectivity index is 2.55. The van der Waals surface area contributed by atoms with Gasteiger partial charge < -0.3 is 0 Å². The molecule has 0 unspecified atom stereocenters. The fourth-order valence-corrected chi connectivity index (χ4v) is 1.05. The maximum atomic E-state index is 5.48. The van der Waals surface area contributed by atoms with Crippen molar-refractivity contribution in [3.8, 4) is 0 Å². The van der Waals surface area contributed by atoms with Crippen molar-refractivity contribution >= 4 is 5.96 Å². The number of hydrogen-bond acceptors (Lipinski definition) is 1. The normalized spacial score (nSPS) is 18.1. The molecule has 0 aromatic rings. The Hall–Kier alpha value is -0.770. The molecule has 0 radical (unpaired) electrons. The first-order valence-corrected chi connectivity index (χ1v) is 3.18. The van der Waals surface area contributed by atoms with Crippen LogP contribution >= 0.6 is 0 Å². The Kier molecular flexibility index (Phi) is 1.89. The molecule has 1 heterocycles. The first-order valence-electron chi connectivity index (χ1n) is 3.18. The highest BCUT2D eigenvalue weighted by Gasteiger charge is 2.11. The van der Waals surface area contributed by atoms with Crippen LogP contribution in [0.25, 0.3) is 0 Å². The van der Waals surface area contributed by atoms with Gasteiger partial charge in [-0.1, -0.05) is 0 Å². The Labute approximate surface area is 54.5 Å². The smallest absolute Gasteiger partial charge is 0.289 e. The topological polar surface area (TPSA) is 67.1 Å². The lowest BCUT2D eigenvalue weighted by molar-refractivity contribution is -0.509. The van der Waals surface area contributed by atoms with Crippen molar-refractivity contribution in [3.05, 3.63) is 0 Å². The third kappa shape index (κ3) is 1.32. The summed E-state index contributed by atoms with van der Waals surface area (Å²) in [5, 5.41) is 0. The molecule has 1 aliphatic rings. The van der Waals surface area contributed by atoms with Gasteiger partial charge >= 0.3 is 5.96 Å². The lowest BCUT2D eigenvalue weighted by atomic mass is 10.4. The molecule has 1 fully saturated rings. The molecule has 0 saturated carbocycles. The van der Waals surface area contributed by atoms with E-state index in [2.05, 4.69) is 5.43 Å². The molecule has 1 saturated heterocycles. The molecule has 0 bridgehead atoms. The van der Waals surface area contributed by atoms with Crippen LogP contribution in [0.15, 0.2) is 0 Å². The zero-order valence-electron chi connectivity index (χ0n) is 5.43. The van der Waals surface area contributed by atoms with Gasteiger partial charge in [0.25, 0.3) is 0 Å². The fourth-order valence-electron chi connectivity index (χ4n) is 1.05. The standard InChI is InChI=1S/C5H12N4/c6-5(8-7)9-3-1-2-4-9/h1-4,7H2,(H2,6,8)/p+1. The number of nitrogens with two attached hydrogens (primary N) is 2. The molecule has 0 atom stereocenters. The van der Waals surface area contributed by atoms with Crippen LogP contribution in [0.5, 0.6) is 0 Å². The molecule has 4 heteroatoms. The summed E-state index contributed by atoms with van der Waals surface area (Å²) in [4.78, 5) is 0. The van der Waals surface area contributed by atoms with Gasteiger partial charge in [-0.05, 0) is 12.8 Å². The highest BCUT2D eigenvalue weighted by atomic mass is 15.3. The van der Waals surface area contributed by atoms with Gasteiger partial charge in [-0.15, -0.1) is 0 Å². The van der Waals surface area contributed by atoms with Crippen molar-refractivity contribution in [2.45, 2.75) is 12.8 Å². The summed E-state index contributed by atoms with van der Waals surface area (Å²) < 4.78 is 2.04. The van der Waals surface area contributed by atoms with Gasteiger partial charge in [0.2, 0.25) is 0 Å². The maximum absolute atomic E-state index is 5.48. The van der Waals surface area contributed by atoms with Gasteiger partial charge in [-0.25, -0.2) is 5.43 Å². The van der Waals surface area contributed by atoms with E-state index in [4.69, 9.17) is 11.6 Å². The van der Waals surface area contributed by atoms with Crippen LogP contribution in [0.3, 0.4) is 0 Å². The third-order valence-corrected chi connectivity index (χ3v) is 1.59. The maximum Gasteiger partial charge on any atom is 0.360 e. The molecule has 0 aliphatic carbocycles. The van der Waals surface area contributed by atoms with Crippen molar-refractivity contribution in [1.82, 2.24) is 5.43 Å². The van der Waals surface area contributed by atoms with Gasteiger partial charge in [0.1, 0.15) is 0 Å². The molecule has 0 spiro atoms. The molecule has 52 valence electrons. The first-order chi connectivity index (χ1) is 4.34. The quantitative estimate of drug-likeness (QED) is 0.163. The molecule has 9 heavy (non-hydrogen) atoms. The van der Waals surface area contributed by atoms with E-state index in [0.717, 1.165) is 13.1 Å². The Morgan fingerprint density at radius 2 is 1.89 bits per heavy atom. The minimum absolute atomic E-state index is 0.590. The molecule has 1 aliphatic heterocycles. The number of guanidine groups is 1. The fraction of sp³-hybridized carbons (Fsp3) is 0.800. The average molecular weight is 129 g/mol. The number of hydrazine groups is 1. The second-order valence-electron chi connectivity index (χ2n) is 2.22. The second kappa shape index (κ2) is 2.68. The average Bonchev–Trinajstić information content (AvgIpc) is 2.37. The van der Waals surface area contributed by atoms with E-state index >= 15 is 0 Å². The number of hydrogen-bond donors (Lipinski definition) is 3. The van der Waals surface area contributed by atoms with E-state index in [1.807, 2.05) is 4.58 Å². The van der Waals surface area contributed by atoms with Crippen LogP contribution < -0.4 is 17.0 Å². The summed E-state index contributed by atoms with van der Waals surface area (Å²) in [6.45, 7) is 2.08. The summed E-state index contributed by atoms with van der Waals surface area (Å²) in [6, 6.07) is 0. The monoisotopic (exact) mass is 129 g/mol. The second-order valence-corrected chi connectivity index (χ2v) is 2.22. The summed E-state index contributed by atoms with van der Waals surface area (Å²) in [7, 11) is 0. The largest absolute Gasteiger partial charge is 0.360 e. The van der Waals surface area contributed by atoms with Gasteiger partial charge in [-0.3, -0.25) is 10.3 Å². The van der Waals surface area contributed by atoms with E-state index in [0.29, 0.717) is 5.96 Å². The van der Waals surface area contributed by atoms with E-state index in [1.165, 1.54) is 12.8 Å². The van der Waals surface area contributed by atoms with E-state index in [9.17, 15) is 0 Å². The summed E-state index contributed by atoms with van der Waals surface area (Å²) in [5.41, 5.74) is 7.91. The highest BCUT2D eigenvalue weighted by molar-refractivity contribution is 5.71. The van der Waals surface area contributed by atoms with Crippen molar-refractivity contribution in [2.75, 3.05) is 13.1 Å². The summed E-state index contributed by atoms with van der Waals surface area (Å²) >= 11 is 0. The molecular weight excluding hydrogens is 116 g/mol. The highest BCUT2D eigenvalue weighted by Crippen LogP contribution is 1.99. The van der Waals surface area contributed by atoms with Gasteiger partial charge in [0, 0.05) is 0 Å². The van der Waals surface area contributed by atoms with Gasteiger partial charge in [-0.2, -0.15) is 5.84 Å². The van der Waals surface area contributed by atoms with Crippen molar-refractivity contribution in [3.63, 3.8) is 0 Å². The predicted molar refractivity (Wildman–Crippen MR) is 35.7 cm³/mol. The number of rotatable bonds is 0. The molecule has 5 N–H and O–H groups in total. The summed E-state index contributed by atoms with van der Waals surface area (Å²) in [6.07, 6.45) is 2.45. The van der Waals surface area contributed by atoms with Crippen LogP contribution in [-0.4, -0.2) is 23.6 Å². The Morgan fingerprint density at radius 3 is 2.33 bits per heavy atom. The van der Waals surface area contributed by atoms with Crippen LogP contribution in [0.2, 0.25) is 0 Å². The van der Waals surface area contributed by atoms with Crippen LogP contribution in [0.4, 0.5) is 0 Å². The van der Waals surface area contributed by atoms with Gasteiger partial charge in [0.15, 0.2) is 0 Å². The predicted octanol–water partition coefficient (Wildman–Crippen LogP) is -1.43. The van der Waals surface area contributed by atoms with Crippen molar-refractivity contribution < 1.29 is 4.58 Å².